The van der Waals surface area contributed by atoms with Gasteiger partial charge < -0.3 is 9.47 Å². The molecule has 1 rings (SSSR count). The number of nitrogens with zero attached hydrogens (tertiary/aromatic N) is 1. The first-order valence-electron chi connectivity index (χ1n) is 4.04. The Kier molecular flexibility index (Phi) is 4.18. The second-order valence-corrected chi connectivity index (χ2v) is 3.38. The summed E-state index contributed by atoms with van der Waals surface area (Å²) >= 11 is 3.33. The molecule has 3 nitrogen and oxygen atoms in total. The maximum atomic E-state index is 5.40. The minimum atomic E-state index is 0.475. The topological polar surface area (TPSA) is 31.4 Å². The van der Waals surface area contributed by atoms with Crippen molar-refractivity contribution >= 4 is 15.9 Å². The van der Waals surface area contributed by atoms with Crippen LogP contribution in [0.3, 0.4) is 0 Å². The lowest BCUT2D eigenvalue weighted by molar-refractivity contribution is 0.176. The van der Waals surface area contributed by atoms with E-state index in [0.29, 0.717) is 13.2 Å². The summed E-state index contributed by atoms with van der Waals surface area (Å²) in [5.74, 6) is 0.777. The Labute approximate surface area is 86.2 Å². The first-order chi connectivity index (χ1) is 6.27. The highest BCUT2D eigenvalue weighted by molar-refractivity contribution is 9.10. The fourth-order valence-corrected chi connectivity index (χ4v) is 1.28. The molecule has 0 saturated heterocycles. The Hall–Kier alpha value is -0.610. The van der Waals surface area contributed by atoms with E-state index in [2.05, 4.69) is 20.9 Å². The van der Waals surface area contributed by atoms with Crippen molar-refractivity contribution in [2.24, 2.45) is 0 Å². The summed E-state index contributed by atoms with van der Waals surface area (Å²) in [7, 11) is 1.64. The zero-order valence-electron chi connectivity index (χ0n) is 7.71. The van der Waals surface area contributed by atoms with Gasteiger partial charge in [0.1, 0.15) is 11.4 Å². The molecule has 0 fully saturated rings. The predicted octanol–water partition coefficient (Wildman–Crippen LogP) is 2.39. The van der Waals surface area contributed by atoms with Crippen LogP contribution in [-0.2, 0) is 11.3 Å². The Morgan fingerprint density at radius 2 is 2.31 bits per heavy atom. The van der Waals surface area contributed by atoms with Crippen molar-refractivity contribution in [2.45, 2.75) is 13.5 Å². The highest BCUT2D eigenvalue weighted by atomic mass is 79.9. The van der Waals surface area contributed by atoms with Gasteiger partial charge in [0.15, 0.2) is 0 Å². The summed E-state index contributed by atoms with van der Waals surface area (Å²) in [5.41, 5.74) is 0.826. The molecular formula is C9H12BrNO2. The molecule has 4 heteroatoms. The molecule has 0 aromatic carbocycles. The molecule has 0 aliphatic heterocycles. The Balaban J connectivity index is 2.89. The third-order valence-corrected chi connectivity index (χ3v) is 1.91. The number of aromatic nitrogens is 1. The summed E-state index contributed by atoms with van der Waals surface area (Å²) in [4.78, 5) is 4.19. The predicted molar refractivity (Wildman–Crippen MR) is 53.8 cm³/mol. The molecule has 0 aliphatic carbocycles. The van der Waals surface area contributed by atoms with Gasteiger partial charge in [0.2, 0.25) is 0 Å². The lowest BCUT2D eigenvalue weighted by Gasteiger charge is -2.08. The van der Waals surface area contributed by atoms with Crippen LogP contribution in [0.2, 0.25) is 0 Å². The molecular weight excluding hydrogens is 234 g/mol. The van der Waals surface area contributed by atoms with Gasteiger partial charge in [0.05, 0.1) is 13.2 Å². The average molecular weight is 246 g/mol. The second kappa shape index (κ2) is 5.19. The van der Waals surface area contributed by atoms with Gasteiger partial charge in [-0.2, -0.15) is 0 Å². The van der Waals surface area contributed by atoms with Crippen molar-refractivity contribution in [2.75, 3.05) is 13.7 Å². The maximum Gasteiger partial charge on any atom is 0.144 e. The lowest BCUT2D eigenvalue weighted by Crippen LogP contribution is -2.00. The van der Waals surface area contributed by atoms with Crippen LogP contribution in [-0.4, -0.2) is 18.7 Å². The fourth-order valence-electron chi connectivity index (χ4n) is 0.975. The van der Waals surface area contributed by atoms with Gasteiger partial charge in [-0.1, -0.05) is 0 Å². The quantitative estimate of drug-likeness (QED) is 0.817. The van der Waals surface area contributed by atoms with Crippen LogP contribution >= 0.6 is 15.9 Å². The van der Waals surface area contributed by atoms with Crippen LogP contribution in [0, 0.1) is 0 Å². The zero-order chi connectivity index (χ0) is 9.68. The molecule has 0 spiro atoms. The van der Waals surface area contributed by atoms with Crippen LogP contribution in [0.1, 0.15) is 12.6 Å². The van der Waals surface area contributed by atoms with E-state index in [1.54, 1.807) is 13.3 Å². The van der Waals surface area contributed by atoms with Crippen LogP contribution in [0.5, 0.6) is 5.75 Å². The Bertz CT molecular complexity index is 278. The third kappa shape index (κ3) is 2.97. The van der Waals surface area contributed by atoms with E-state index >= 15 is 0 Å². The monoisotopic (exact) mass is 245 g/mol. The lowest BCUT2D eigenvalue weighted by atomic mass is 10.3. The van der Waals surface area contributed by atoms with Crippen molar-refractivity contribution in [3.8, 4) is 5.75 Å². The molecule has 0 atom stereocenters. The molecule has 0 amide bonds. The smallest absolute Gasteiger partial charge is 0.144 e. The van der Waals surface area contributed by atoms with Crippen LogP contribution < -0.4 is 4.74 Å². The largest absolute Gasteiger partial charge is 0.492 e. The summed E-state index contributed by atoms with van der Waals surface area (Å²) in [6.07, 6.45) is 1.73. The number of halogens is 1. The first kappa shape index (κ1) is 10.5. The average Bonchev–Trinajstić information content (AvgIpc) is 2.10. The molecule has 13 heavy (non-hydrogen) atoms. The van der Waals surface area contributed by atoms with Crippen molar-refractivity contribution in [3.63, 3.8) is 0 Å². The molecule has 0 unspecified atom stereocenters. The standard InChI is InChI=1S/C9H12BrNO2/c1-3-13-9-4-7(10)5-11-8(9)6-12-2/h4-5H,3,6H2,1-2H3. The molecule has 0 radical (unpaired) electrons. The number of pyridine rings is 1. The molecule has 1 heterocycles. The highest BCUT2D eigenvalue weighted by Gasteiger charge is 2.04. The summed E-state index contributed by atoms with van der Waals surface area (Å²) in [6.45, 7) is 3.05. The van der Waals surface area contributed by atoms with E-state index in [-0.39, 0.29) is 0 Å². The number of ether oxygens (including phenoxy) is 2. The second-order valence-electron chi connectivity index (χ2n) is 2.46. The molecule has 0 bridgehead atoms. The number of methoxy groups -OCH3 is 1. The van der Waals surface area contributed by atoms with Crippen LogP contribution in [0.4, 0.5) is 0 Å². The molecule has 1 aromatic heterocycles. The molecule has 0 N–H and O–H groups in total. The van der Waals surface area contributed by atoms with E-state index in [1.165, 1.54) is 0 Å². The number of hydrogen-bond donors (Lipinski definition) is 0. The number of rotatable bonds is 4. The van der Waals surface area contributed by atoms with Gasteiger partial charge in [-0.3, -0.25) is 4.98 Å². The first-order valence-corrected chi connectivity index (χ1v) is 4.83. The highest BCUT2D eigenvalue weighted by Crippen LogP contribution is 2.21. The maximum absolute atomic E-state index is 5.40. The molecule has 1 aromatic rings. The third-order valence-electron chi connectivity index (χ3n) is 1.48. The van der Waals surface area contributed by atoms with Gasteiger partial charge in [0, 0.05) is 17.8 Å². The van der Waals surface area contributed by atoms with Crippen molar-refractivity contribution in [1.82, 2.24) is 4.98 Å². The fraction of sp³-hybridized carbons (Fsp3) is 0.444. The van der Waals surface area contributed by atoms with Gasteiger partial charge in [-0.25, -0.2) is 0 Å². The Morgan fingerprint density at radius 3 is 2.92 bits per heavy atom. The van der Waals surface area contributed by atoms with Gasteiger partial charge in [-0.05, 0) is 28.9 Å². The zero-order valence-corrected chi connectivity index (χ0v) is 9.30. The molecule has 72 valence electrons. The molecule has 0 aliphatic rings. The van der Waals surface area contributed by atoms with Crippen LogP contribution in [0.15, 0.2) is 16.7 Å². The SMILES string of the molecule is CCOc1cc(Br)cnc1COC. The number of hydrogen-bond acceptors (Lipinski definition) is 3. The minimum Gasteiger partial charge on any atom is -0.492 e. The summed E-state index contributed by atoms with van der Waals surface area (Å²) in [5, 5.41) is 0. The van der Waals surface area contributed by atoms with E-state index in [1.807, 2.05) is 13.0 Å². The minimum absolute atomic E-state index is 0.475. The van der Waals surface area contributed by atoms with Crippen LogP contribution in [0.25, 0.3) is 0 Å². The Morgan fingerprint density at radius 1 is 1.54 bits per heavy atom. The normalized spacial score (nSPS) is 10.1. The van der Waals surface area contributed by atoms with Gasteiger partial charge >= 0.3 is 0 Å². The summed E-state index contributed by atoms with van der Waals surface area (Å²) < 4.78 is 11.3. The van der Waals surface area contributed by atoms with Crippen molar-refractivity contribution in [3.05, 3.63) is 22.4 Å². The summed E-state index contributed by atoms with van der Waals surface area (Å²) in [6, 6.07) is 1.89. The van der Waals surface area contributed by atoms with E-state index in [0.717, 1.165) is 15.9 Å². The van der Waals surface area contributed by atoms with Gasteiger partial charge in [0.25, 0.3) is 0 Å². The van der Waals surface area contributed by atoms with Crippen molar-refractivity contribution in [1.29, 1.82) is 0 Å². The van der Waals surface area contributed by atoms with E-state index < -0.39 is 0 Å². The molecule has 0 saturated carbocycles. The van der Waals surface area contributed by atoms with Gasteiger partial charge in [-0.15, -0.1) is 0 Å². The van der Waals surface area contributed by atoms with Crippen molar-refractivity contribution < 1.29 is 9.47 Å². The van der Waals surface area contributed by atoms with E-state index in [9.17, 15) is 0 Å². The van der Waals surface area contributed by atoms with E-state index in [4.69, 9.17) is 9.47 Å².